The Bertz CT molecular complexity index is 1060. The van der Waals surface area contributed by atoms with E-state index in [1.165, 1.54) is 24.4 Å². The third-order valence-corrected chi connectivity index (χ3v) is 5.07. The molecule has 0 amide bonds. The monoisotopic (exact) mass is 383 g/mol. The number of nitrogens with zero attached hydrogens (tertiary/aromatic N) is 2. The lowest BCUT2D eigenvalue weighted by molar-refractivity contribution is -0.111. The maximum Gasteiger partial charge on any atom is 0.263 e. The van der Waals surface area contributed by atoms with Gasteiger partial charge in [-0.2, -0.15) is 5.10 Å². The molecule has 138 valence electrons. The van der Waals surface area contributed by atoms with Crippen LogP contribution in [0, 0.1) is 0 Å². The molecule has 9 heteroatoms. The Morgan fingerprint density at radius 2 is 1.81 bits per heavy atom. The van der Waals surface area contributed by atoms with E-state index in [2.05, 4.69) is 20.2 Å². The third kappa shape index (κ3) is 4.39. The lowest BCUT2D eigenvalue weighted by Gasteiger charge is -2.10. The molecule has 1 heterocycles. The average Bonchev–Trinajstić information content (AvgIpc) is 2.64. The Morgan fingerprint density at radius 1 is 1.07 bits per heavy atom. The molecule has 1 aromatic heterocycles. The van der Waals surface area contributed by atoms with Crippen LogP contribution in [-0.2, 0) is 14.8 Å². The first-order valence-corrected chi connectivity index (χ1v) is 9.41. The molecule has 1 aromatic carbocycles. The molecule has 0 aliphatic heterocycles. The molecule has 2 aromatic rings. The summed E-state index contributed by atoms with van der Waals surface area (Å²) in [5, 5.41) is 4.15. The van der Waals surface area contributed by atoms with E-state index in [9.17, 15) is 13.2 Å². The Morgan fingerprint density at radius 3 is 2.48 bits per heavy atom. The maximum absolute atomic E-state index is 12.4. The first-order valence-electron chi connectivity index (χ1n) is 7.93. The highest BCUT2D eigenvalue weighted by Gasteiger charge is 2.15. The molecule has 0 saturated carbocycles. The first-order chi connectivity index (χ1) is 12.8. The first kappa shape index (κ1) is 18.3. The lowest BCUT2D eigenvalue weighted by Crippen LogP contribution is -2.18. The second-order valence-corrected chi connectivity index (χ2v) is 7.43. The Hall–Kier alpha value is -3.46. The molecular formula is C18H17N5O3S. The minimum Gasteiger partial charge on any atom is -0.397 e. The van der Waals surface area contributed by atoms with Gasteiger partial charge in [0.15, 0.2) is 5.78 Å². The molecule has 8 nitrogen and oxygen atoms in total. The van der Waals surface area contributed by atoms with Crippen LogP contribution in [0.3, 0.4) is 0 Å². The summed E-state index contributed by atoms with van der Waals surface area (Å²) >= 11 is 0. The van der Waals surface area contributed by atoms with Gasteiger partial charge in [-0.05, 0) is 55.0 Å². The highest BCUT2D eigenvalue weighted by Crippen LogP contribution is 2.17. The number of carbonyl (C=O) groups excluding carboxylic acids is 1. The number of ketones is 1. The Labute approximate surface area is 156 Å². The highest BCUT2D eigenvalue weighted by molar-refractivity contribution is 7.92. The molecule has 0 atom stereocenters. The number of sulfonamides is 1. The topological polar surface area (TPSA) is 127 Å². The summed E-state index contributed by atoms with van der Waals surface area (Å²) in [7, 11) is -3.74. The van der Waals surface area contributed by atoms with Crippen LogP contribution in [0.2, 0.25) is 0 Å². The zero-order valence-corrected chi connectivity index (χ0v) is 15.2. The van der Waals surface area contributed by atoms with Gasteiger partial charge in [-0.15, -0.1) is 0 Å². The molecule has 0 unspecified atom stereocenters. The van der Waals surface area contributed by atoms with E-state index in [-0.39, 0.29) is 22.2 Å². The van der Waals surface area contributed by atoms with Gasteiger partial charge in [-0.3, -0.25) is 14.9 Å². The van der Waals surface area contributed by atoms with Gasteiger partial charge in [-0.25, -0.2) is 13.4 Å². The second-order valence-electron chi connectivity index (χ2n) is 5.74. The van der Waals surface area contributed by atoms with Crippen molar-refractivity contribution in [2.75, 3.05) is 10.1 Å². The van der Waals surface area contributed by atoms with Crippen molar-refractivity contribution in [2.45, 2.75) is 11.8 Å². The van der Waals surface area contributed by atoms with Crippen LogP contribution in [0.15, 0.2) is 82.1 Å². The molecular weight excluding hydrogens is 366 g/mol. The number of pyridine rings is 1. The summed E-state index contributed by atoms with van der Waals surface area (Å²) in [6.07, 6.45) is 4.40. The Balaban J connectivity index is 1.73. The number of benzene rings is 1. The van der Waals surface area contributed by atoms with Gasteiger partial charge in [-0.1, -0.05) is 6.07 Å². The minimum atomic E-state index is -3.74. The summed E-state index contributed by atoms with van der Waals surface area (Å²) in [5.74, 6) is 0.0868. The van der Waals surface area contributed by atoms with Gasteiger partial charge in [0.2, 0.25) is 0 Å². The fourth-order valence-corrected chi connectivity index (χ4v) is 3.25. The lowest BCUT2D eigenvalue weighted by atomic mass is 10.0. The van der Waals surface area contributed by atoms with Crippen molar-refractivity contribution in [3.8, 4) is 0 Å². The van der Waals surface area contributed by atoms with Crippen LogP contribution >= 0.6 is 0 Å². The number of anilines is 2. The van der Waals surface area contributed by atoms with Crippen LogP contribution < -0.4 is 15.9 Å². The van der Waals surface area contributed by atoms with Crippen LogP contribution in [0.25, 0.3) is 0 Å². The van der Waals surface area contributed by atoms with Gasteiger partial charge in [0.05, 0.1) is 16.3 Å². The molecule has 0 spiro atoms. The van der Waals surface area contributed by atoms with Crippen molar-refractivity contribution < 1.29 is 13.2 Å². The molecule has 0 bridgehead atoms. The van der Waals surface area contributed by atoms with E-state index < -0.39 is 10.0 Å². The van der Waals surface area contributed by atoms with Crippen molar-refractivity contribution in [1.82, 2.24) is 4.98 Å². The molecule has 3 rings (SSSR count). The van der Waals surface area contributed by atoms with Gasteiger partial charge in [0.25, 0.3) is 10.0 Å². The van der Waals surface area contributed by atoms with Crippen LogP contribution in [-0.4, -0.2) is 24.9 Å². The zero-order valence-electron chi connectivity index (χ0n) is 14.4. The summed E-state index contributed by atoms with van der Waals surface area (Å²) in [6.45, 7) is 1.68. The maximum atomic E-state index is 12.4. The fourth-order valence-electron chi connectivity index (χ4n) is 2.24. The molecule has 1 aliphatic rings. The number of hydrogen-bond donors (Lipinski definition) is 3. The molecule has 4 N–H and O–H groups in total. The number of aromatic nitrogens is 1. The van der Waals surface area contributed by atoms with Crippen molar-refractivity contribution in [3.63, 3.8) is 0 Å². The summed E-state index contributed by atoms with van der Waals surface area (Å²) in [4.78, 5) is 15.5. The van der Waals surface area contributed by atoms with E-state index in [0.717, 1.165) is 0 Å². The number of rotatable bonds is 5. The van der Waals surface area contributed by atoms with Gasteiger partial charge in [0.1, 0.15) is 11.5 Å². The van der Waals surface area contributed by atoms with E-state index >= 15 is 0 Å². The van der Waals surface area contributed by atoms with Crippen molar-refractivity contribution in [1.29, 1.82) is 0 Å². The second kappa shape index (κ2) is 7.42. The third-order valence-electron chi connectivity index (χ3n) is 3.70. The minimum absolute atomic E-state index is 0.0877. The molecule has 0 fully saturated rings. The smallest absolute Gasteiger partial charge is 0.263 e. The predicted molar refractivity (Wildman–Crippen MR) is 104 cm³/mol. The number of nitrogens with two attached hydrogens (primary N) is 1. The van der Waals surface area contributed by atoms with E-state index in [1.54, 1.807) is 43.3 Å². The number of allylic oxidation sites excluding steroid dienone is 3. The summed E-state index contributed by atoms with van der Waals surface area (Å²) in [5.41, 5.74) is 10.4. The molecule has 0 saturated heterocycles. The van der Waals surface area contributed by atoms with Crippen LogP contribution in [0.5, 0.6) is 0 Å². The normalized spacial score (nSPS) is 15.9. The molecule has 27 heavy (non-hydrogen) atoms. The fraction of sp³-hybridized carbons (Fsp3) is 0.0556. The molecule has 1 aliphatic carbocycles. The standard InChI is InChI=1S/C18H17N5O3S/c1-12-10-16(15(19)11-17(12)24)22-21-13-5-7-14(8-6-13)27(25,26)23-18-4-2-3-9-20-18/h2-11,21H,19H2,1H3,(H,20,23)/b22-16-. The van der Waals surface area contributed by atoms with Crippen molar-refractivity contribution in [2.24, 2.45) is 10.8 Å². The summed E-state index contributed by atoms with van der Waals surface area (Å²) in [6, 6.07) is 11.0. The largest absolute Gasteiger partial charge is 0.397 e. The molecule has 0 radical (unpaired) electrons. The van der Waals surface area contributed by atoms with Gasteiger partial charge in [0, 0.05) is 12.3 Å². The average molecular weight is 383 g/mol. The highest BCUT2D eigenvalue weighted by atomic mass is 32.2. The Kier molecular flexibility index (Phi) is 5.04. The quantitative estimate of drug-likeness (QED) is 0.535. The number of hydrazone groups is 1. The summed E-state index contributed by atoms with van der Waals surface area (Å²) < 4.78 is 27.1. The van der Waals surface area contributed by atoms with Crippen molar-refractivity contribution >= 4 is 33.0 Å². The van der Waals surface area contributed by atoms with E-state index in [0.29, 0.717) is 17.0 Å². The van der Waals surface area contributed by atoms with E-state index in [4.69, 9.17) is 5.73 Å². The number of carbonyl (C=O) groups is 1. The van der Waals surface area contributed by atoms with Gasteiger partial charge < -0.3 is 5.73 Å². The predicted octanol–water partition coefficient (Wildman–Crippen LogP) is 2.02. The number of nitrogens with one attached hydrogen (secondary N) is 2. The van der Waals surface area contributed by atoms with E-state index in [1.807, 2.05) is 0 Å². The van der Waals surface area contributed by atoms with Crippen LogP contribution in [0.1, 0.15) is 6.92 Å². The van der Waals surface area contributed by atoms with Gasteiger partial charge >= 0.3 is 0 Å². The number of hydrogen-bond acceptors (Lipinski definition) is 7. The van der Waals surface area contributed by atoms with Crippen LogP contribution in [0.4, 0.5) is 11.5 Å². The zero-order chi connectivity index (χ0) is 19.4. The van der Waals surface area contributed by atoms with Crippen molar-refractivity contribution in [3.05, 3.63) is 72.1 Å². The SMILES string of the molecule is CC1=C/C(=N/Nc2ccc(S(=O)(=O)Nc3ccccn3)cc2)C(N)=CC1=O.